The lowest BCUT2D eigenvalue weighted by Crippen LogP contribution is -2.13. The lowest BCUT2D eigenvalue weighted by atomic mass is 10.1. The van der Waals surface area contributed by atoms with Gasteiger partial charge in [-0.15, -0.1) is 0 Å². The fourth-order valence-electron chi connectivity index (χ4n) is 5.89. The molecule has 0 bridgehead atoms. The molecule has 0 N–H and O–H groups in total. The fourth-order valence-corrected chi connectivity index (χ4v) is 5.89. The van der Waals surface area contributed by atoms with E-state index in [0.29, 0.717) is 0 Å². The van der Waals surface area contributed by atoms with Crippen molar-refractivity contribution < 1.29 is 9.47 Å². The number of anilines is 6. The molecule has 0 aromatic heterocycles. The standard InChI is InChI=1S/C42H32N2O2/c1-3-45-41-29-33-17-13-11-15-31(33)27-39(41)43(35-19-7-5-8-20-35)37-23-25-38(26-24-37)44(36-21-9-6-10-22-36)40-28-32-16-12-14-18-34(32)30-42(40)46-4-2/h3-30H,1-2H2. The van der Waals surface area contributed by atoms with E-state index in [9.17, 15) is 0 Å². The van der Waals surface area contributed by atoms with Gasteiger partial charge in [-0.25, -0.2) is 0 Å². The van der Waals surface area contributed by atoms with Gasteiger partial charge in [0, 0.05) is 22.7 Å². The zero-order valence-corrected chi connectivity index (χ0v) is 25.3. The molecule has 0 unspecified atom stereocenters. The van der Waals surface area contributed by atoms with Crippen molar-refractivity contribution in [3.05, 3.63) is 183 Å². The second kappa shape index (κ2) is 12.8. The second-order valence-corrected chi connectivity index (χ2v) is 10.8. The Morgan fingerprint density at radius 1 is 0.370 bits per heavy atom. The number of ether oxygens (including phenoxy) is 2. The van der Waals surface area contributed by atoms with Crippen LogP contribution in [0.15, 0.2) is 183 Å². The summed E-state index contributed by atoms with van der Waals surface area (Å²) in [5.41, 5.74) is 5.80. The molecule has 0 fully saturated rings. The lowest BCUT2D eigenvalue weighted by Gasteiger charge is -2.30. The van der Waals surface area contributed by atoms with Crippen molar-refractivity contribution in [2.24, 2.45) is 0 Å². The van der Waals surface area contributed by atoms with Crippen LogP contribution in [0.1, 0.15) is 0 Å². The highest BCUT2D eigenvalue weighted by molar-refractivity contribution is 5.95. The molecule has 0 aliphatic rings. The molecule has 0 amide bonds. The summed E-state index contributed by atoms with van der Waals surface area (Å²) in [5.74, 6) is 1.44. The molecule has 46 heavy (non-hydrogen) atoms. The van der Waals surface area contributed by atoms with E-state index in [1.807, 2.05) is 48.5 Å². The normalized spacial score (nSPS) is 10.8. The molecule has 222 valence electrons. The van der Waals surface area contributed by atoms with Gasteiger partial charge in [-0.3, -0.25) is 0 Å². The van der Waals surface area contributed by atoms with E-state index < -0.39 is 0 Å². The predicted octanol–water partition coefficient (Wildman–Crippen LogP) is 12.0. The minimum absolute atomic E-state index is 0.718. The van der Waals surface area contributed by atoms with E-state index in [-0.39, 0.29) is 0 Å². The van der Waals surface area contributed by atoms with Gasteiger partial charge in [0.05, 0.1) is 23.9 Å². The summed E-state index contributed by atoms with van der Waals surface area (Å²) in [6.45, 7) is 7.69. The summed E-state index contributed by atoms with van der Waals surface area (Å²) in [4.78, 5) is 4.42. The molecule has 0 aliphatic carbocycles. The van der Waals surface area contributed by atoms with Crippen LogP contribution in [0.4, 0.5) is 34.1 Å². The predicted molar refractivity (Wildman–Crippen MR) is 192 cm³/mol. The van der Waals surface area contributed by atoms with Gasteiger partial charge < -0.3 is 19.3 Å². The summed E-state index contributed by atoms with van der Waals surface area (Å²) < 4.78 is 12.0. The van der Waals surface area contributed by atoms with Crippen molar-refractivity contribution in [1.82, 2.24) is 0 Å². The maximum atomic E-state index is 6.01. The molecule has 4 nitrogen and oxygen atoms in total. The highest BCUT2D eigenvalue weighted by Crippen LogP contribution is 2.45. The van der Waals surface area contributed by atoms with Gasteiger partial charge in [0.25, 0.3) is 0 Å². The number of fused-ring (bicyclic) bond motifs is 2. The molecule has 0 radical (unpaired) electrons. The van der Waals surface area contributed by atoms with Gasteiger partial charge in [-0.05, 0) is 94.3 Å². The van der Waals surface area contributed by atoms with Crippen LogP contribution in [0.5, 0.6) is 11.5 Å². The van der Waals surface area contributed by atoms with Gasteiger partial charge in [-0.1, -0.05) is 98.1 Å². The number of hydrogen-bond donors (Lipinski definition) is 0. The average molecular weight is 597 g/mol. The molecule has 0 spiro atoms. The van der Waals surface area contributed by atoms with Gasteiger partial charge in [0.15, 0.2) is 11.5 Å². The van der Waals surface area contributed by atoms with E-state index in [0.717, 1.165) is 67.2 Å². The summed E-state index contributed by atoms with van der Waals surface area (Å²) in [6, 6.07) is 54.2. The zero-order valence-electron chi connectivity index (χ0n) is 25.3. The molecule has 0 saturated carbocycles. The molecule has 0 saturated heterocycles. The van der Waals surface area contributed by atoms with E-state index in [2.05, 4.69) is 132 Å². The largest absolute Gasteiger partial charge is 0.463 e. The number of para-hydroxylation sites is 2. The maximum absolute atomic E-state index is 6.01. The van der Waals surface area contributed by atoms with Gasteiger partial charge in [0.1, 0.15) is 0 Å². The Morgan fingerprint density at radius 2 is 0.674 bits per heavy atom. The van der Waals surface area contributed by atoms with Crippen LogP contribution in [0.2, 0.25) is 0 Å². The number of hydrogen-bond acceptors (Lipinski definition) is 4. The molecule has 0 heterocycles. The van der Waals surface area contributed by atoms with Crippen molar-refractivity contribution >= 4 is 55.7 Å². The molecule has 0 aliphatic heterocycles. The van der Waals surface area contributed by atoms with Crippen LogP contribution >= 0.6 is 0 Å². The summed E-state index contributed by atoms with van der Waals surface area (Å²) in [6.07, 6.45) is 2.95. The van der Waals surface area contributed by atoms with Crippen LogP contribution < -0.4 is 19.3 Å². The van der Waals surface area contributed by atoms with Gasteiger partial charge in [0.2, 0.25) is 0 Å². The summed E-state index contributed by atoms with van der Waals surface area (Å²) in [7, 11) is 0. The Labute approximate surface area is 269 Å². The molecular formula is C42H32N2O2. The smallest absolute Gasteiger partial charge is 0.151 e. The molecular weight excluding hydrogens is 564 g/mol. The first kappa shape index (κ1) is 28.5. The Bertz CT molecular complexity index is 1990. The van der Waals surface area contributed by atoms with Crippen LogP contribution in [0.3, 0.4) is 0 Å². The molecule has 7 rings (SSSR count). The minimum Gasteiger partial charge on any atom is -0.463 e. The van der Waals surface area contributed by atoms with Crippen LogP contribution in [0, 0.1) is 0 Å². The SMILES string of the molecule is C=COc1cc2ccccc2cc1N(c1ccccc1)c1ccc(N(c2ccccc2)c2cc3ccccc3cc2OC=C)cc1. The number of benzene rings is 7. The van der Waals surface area contributed by atoms with Gasteiger partial charge >= 0.3 is 0 Å². The Morgan fingerprint density at radius 3 is 1.02 bits per heavy atom. The van der Waals surface area contributed by atoms with Crippen molar-refractivity contribution in [2.45, 2.75) is 0 Å². The fraction of sp³-hybridized carbons (Fsp3) is 0. The third kappa shape index (κ3) is 5.56. The van der Waals surface area contributed by atoms with Crippen LogP contribution in [-0.4, -0.2) is 0 Å². The highest BCUT2D eigenvalue weighted by Gasteiger charge is 2.21. The molecule has 7 aromatic carbocycles. The van der Waals surface area contributed by atoms with Crippen molar-refractivity contribution in [1.29, 1.82) is 0 Å². The minimum atomic E-state index is 0.718. The average Bonchev–Trinajstić information content (AvgIpc) is 3.11. The molecule has 7 aromatic rings. The first-order valence-electron chi connectivity index (χ1n) is 15.1. The van der Waals surface area contributed by atoms with Crippen LogP contribution in [0.25, 0.3) is 21.5 Å². The van der Waals surface area contributed by atoms with E-state index in [1.165, 1.54) is 12.5 Å². The second-order valence-electron chi connectivity index (χ2n) is 10.8. The monoisotopic (exact) mass is 596 g/mol. The topological polar surface area (TPSA) is 24.9 Å². The van der Waals surface area contributed by atoms with E-state index >= 15 is 0 Å². The lowest BCUT2D eigenvalue weighted by molar-refractivity contribution is 0.485. The third-order valence-electron chi connectivity index (χ3n) is 7.95. The van der Waals surface area contributed by atoms with E-state index in [1.54, 1.807) is 0 Å². The van der Waals surface area contributed by atoms with Crippen molar-refractivity contribution in [2.75, 3.05) is 9.80 Å². The maximum Gasteiger partial charge on any atom is 0.151 e. The number of rotatable bonds is 10. The first-order chi connectivity index (χ1) is 22.7. The quantitative estimate of drug-likeness (QED) is 0.147. The van der Waals surface area contributed by atoms with E-state index in [4.69, 9.17) is 9.47 Å². The highest BCUT2D eigenvalue weighted by atomic mass is 16.5. The third-order valence-corrected chi connectivity index (χ3v) is 7.95. The van der Waals surface area contributed by atoms with Crippen molar-refractivity contribution in [3.63, 3.8) is 0 Å². The molecule has 0 atom stereocenters. The molecule has 4 heteroatoms. The van der Waals surface area contributed by atoms with Crippen molar-refractivity contribution in [3.8, 4) is 11.5 Å². The Hall–Kier alpha value is -6.26. The summed E-state index contributed by atoms with van der Waals surface area (Å²) in [5, 5.41) is 4.43. The van der Waals surface area contributed by atoms with Gasteiger partial charge in [-0.2, -0.15) is 0 Å². The number of nitrogens with zero attached hydrogens (tertiary/aromatic N) is 2. The Kier molecular flexibility index (Phi) is 7.91. The summed E-state index contributed by atoms with van der Waals surface area (Å²) >= 11 is 0. The Balaban J connectivity index is 1.39. The zero-order chi connectivity index (χ0) is 31.3. The first-order valence-corrected chi connectivity index (χ1v) is 15.1. The van der Waals surface area contributed by atoms with Crippen LogP contribution in [-0.2, 0) is 0 Å².